The van der Waals surface area contributed by atoms with Crippen LogP contribution in [0.1, 0.15) is 68.7 Å². The van der Waals surface area contributed by atoms with Gasteiger partial charge in [0, 0.05) is 107 Å². The highest BCUT2D eigenvalue weighted by atomic mass is 32.2. The van der Waals surface area contributed by atoms with E-state index < -0.39 is 5.54 Å². The number of amides is 2. The number of H-pyrrole nitrogens is 1. The molecule has 332 valence electrons. The molecule has 1 saturated carbocycles. The van der Waals surface area contributed by atoms with Crippen molar-refractivity contribution < 1.29 is 14.3 Å². The number of carbonyl (C=O) groups is 2. The molecule has 4 fully saturated rings. The topological polar surface area (TPSA) is 171 Å². The summed E-state index contributed by atoms with van der Waals surface area (Å²) in [4.78, 5) is 64.7. The van der Waals surface area contributed by atoms with E-state index in [1.54, 1.807) is 30.5 Å². The molecule has 2 unspecified atom stereocenters. The number of aromatic amines is 1. The molecule has 5 aromatic heterocycles. The zero-order valence-electron chi connectivity index (χ0n) is 36.2. The van der Waals surface area contributed by atoms with E-state index >= 15 is 0 Å². The zero-order chi connectivity index (χ0) is 43.8. The molecule has 2 atom stereocenters. The van der Waals surface area contributed by atoms with Crippen LogP contribution in [-0.2, 0) is 23.5 Å². The highest BCUT2D eigenvalue weighted by molar-refractivity contribution is 8.00. The first-order valence-electron chi connectivity index (χ1n) is 22.1. The average molecular weight is 901 g/mol. The van der Waals surface area contributed by atoms with Gasteiger partial charge in [-0.25, -0.2) is 9.97 Å². The second-order valence-electron chi connectivity index (χ2n) is 17.6. The van der Waals surface area contributed by atoms with E-state index in [1.165, 1.54) is 22.5 Å². The van der Waals surface area contributed by atoms with Crippen LogP contribution in [0.25, 0.3) is 16.7 Å². The minimum absolute atomic E-state index is 0.0475. The van der Waals surface area contributed by atoms with Crippen LogP contribution in [0.3, 0.4) is 0 Å². The molecule has 10 rings (SSSR count). The van der Waals surface area contributed by atoms with Gasteiger partial charge in [-0.1, -0.05) is 36.1 Å². The Morgan fingerprint density at radius 2 is 1.75 bits per heavy atom. The van der Waals surface area contributed by atoms with Crippen molar-refractivity contribution in [2.24, 2.45) is 0 Å². The number of aromatic nitrogens is 7. The molecule has 0 radical (unpaired) electrons. The van der Waals surface area contributed by atoms with Crippen molar-refractivity contribution in [3.05, 3.63) is 117 Å². The summed E-state index contributed by atoms with van der Waals surface area (Å²) in [5, 5.41) is 12.4. The number of ether oxygens (including phenoxy) is 1. The van der Waals surface area contributed by atoms with Gasteiger partial charge in [-0.3, -0.25) is 29.2 Å². The summed E-state index contributed by atoms with van der Waals surface area (Å²) in [6.45, 7) is 12.3. The maximum Gasteiger partial charge on any atom is 0.284 e. The Morgan fingerprint density at radius 1 is 0.922 bits per heavy atom. The Kier molecular flexibility index (Phi) is 11.8. The van der Waals surface area contributed by atoms with Crippen molar-refractivity contribution in [3.8, 4) is 5.69 Å². The smallest absolute Gasteiger partial charge is 0.284 e. The number of aryl methyl sites for hydroxylation is 2. The molecule has 3 aliphatic heterocycles. The zero-order valence-corrected chi connectivity index (χ0v) is 37.8. The Morgan fingerprint density at radius 3 is 2.48 bits per heavy atom. The van der Waals surface area contributed by atoms with E-state index in [0.29, 0.717) is 36.8 Å². The van der Waals surface area contributed by atoms with Crippen molar-refractivity contribution in [1.29, 1.82) is 0 Å². The first-order valence-corrected chi connectivity index (χ1v) is 23.9. The molecule has 2 N–H and O–H groups in total. The van der Waals surface area contributed by atoms with Gasteiger partial charge in [0.15, 0.2) is 4.34 Å². The largest absolute Gasteiger partial charge is 0.371 e. The van der Waals surface area contributed by atoms with Crippen molar-refractivity contribution in [1.82, 2.24) is 54.7 Å². The standard InChI is InChI=1S/C46H52N12O4S2/c1-3-33-22-38-39(50-40(33)59)21-32(23-48-38)25-54-12-16-56(17-13-54)36-6-7-37(49-24-36)41(60)51-45-8-9-46(27-45,62-29-45)28-55-14-18-57(19-15-55)43(61)42-52-53-44(64-42)63-26-34-4-5-35(20-31(34)2)58-11-10-47-30-58/h4-7,10-11,20-24,30H,3,8-9,12-19,25-29H2,1-2H3,(H,50,59)(H,51,60). The molecule has 2 bridgehead atoms. The van der Waals surface area contributed by atoms with Crippen LogP contribution in [-0.4, -0.2) is 138 Å². The average Bonchev–Trinajstić information content (AvgIpc) is 4.15. The molecule has 16 nitrogen and oxygen atoms in total. The highest BCUT2D eigenvalue weighted by Crippen LogP contribution is 2.48. The van der Waals surface area contributed by atoms with E-state index in [9.17, 15) is 14.4 Å². The summed E-state index contributed by atoms with van der Waals surface area (Å²) in [6.07, 6.45) is 12.4. The van der Waals surface area contributed by atoms with Crippen molar-refractivity contribution in [2.75, 3.05) is 70.4 Å². The van der Waals surface area contributed by atoms with E-state index in [-0.39, 0.29) is 23.0 Å². The van der Waals surface area contributed by atoms with Gasteiger partial charge in [-0.05, 0) is 79.3 Å². The molecular weight excluding hydrogens is 849 g/mol. The third-order valence-electron chi connectivity index (χ3n) is 13.3. The van der Waals surface area contributed by atoms with Crippen LogP contribution in [0, 0.1) is 6.92 Å². The van der Waals surface area contributed by atoms with Gasteiger partial charge in [-0.15, -0.1) is 10.2 Å². The van der Waals surface area contributed by atoms with Crippen molar-refractivity contribution in [3.63, 3.8) is 0 Å². The lowest BCUT2D eigenvalue weighted by Crippen LogP contribution is -2.52. The molecule has 1 aromatic carbocycles. The summed E-state index contributed by atoms with van der Waals surface area (Å²) in [5.74, 6) is 0.509. The molecular formula is C46H52N12O4S2. The normalized spacial score (nSPS) is 21.5. The number of pyridine rings is 3. The molecule has 8 heterocycles. The maximum absolute atomic E-state index is 13.6. The molecule has 4 aliphatic rings. The van der Waals surface area contributed by atoms with Gasteiger partial charge in [0.25, 0.3) is 17.4 Å². The number of thioether (sulfide) groups is 1. The van der Waals surface area contributed by atoms with Crippen LogP contribution in [0.2, 0.25) is 0 Å². The van der Waals surface area contributed by atoms with Gasteiger partial charge >= 0.3 is 0 Å². The fourth-order valence-corrected chi connectivity index (χ4v) is 11.5. The maximum atomic E-state index is 13.6. The summed E-state index contributed by atoms with van der Waals surface area (Å²) in [6, 6.07) is 14.1. The Hall–Kier alpha value is -5.53. The second kappa shape index (κ2) is 17.8. The number of imidazole rings is 1. The van der Waals surface area contributed by atoms with E-state index in [2.05, 4.69) is 75.3 Å². The minimum atomic E-state index is -0.407. The predicted molar refractivity (Wildman–Crippen MR) is 246 cm³/mol. The van der Waals surface area contributed by atoms with E-state index in [0.717, 1.165) is 115 Å². The number of nitrogens with zero attached hydrogens (tertiary/aromatic N) is 10. The van der Waals surface area contributed by atoms with Crippen LogP contribution >= 0.6 is 23.1 Å². The van der Waals surface area contributed by atoms with Gasteiger partial charge in [0.1, 0.15) is 5.69 Å². The summed E-state index contributed by atoms with van der Waals surface area (Å²) < 4.78 is 9.25. The lowest BCUT2D eigenvalue weighted by Gasteiger charge is -2.39. The van der Waals surface area contributed by atoms with Gasteiger partial charge < -0.3 is 29.4 Å². The molecule has 64 heavy (non-hydrogen) atoms. The highest BCUT2D eigenvalue weighted by Gasteiger charge is 2.57. The SMILES string of the molecule is CCc1cc2ncc(CN3CCN(c4ccc(C(=O)NC56CCC(CN7CCN(C(=O)c8nnc(SCc9ccc(-n%10ccnc%10)cc9C)s8)CC7)(C5)OC6)nc4)CC3)cc2[nH]c1=O. The number of anilines is 1. The first-order chi connectivity index (χ1) is 31.1. The number of piperazine rings is 2. The molecule has 1 aliphatic carbocycles. The first kappa shape index (κ1) is 42.4. The molecule has 2 amide bonds. The lowest BCUT2D eigenvalue weighted by atomic mass is 9.97. The molecule has 6 aromatic rings. The van der Waals surface area contributed by atoms with Crippen LogP contribution < -0.4 is 15.8 Å². The molecule has 0 spiro atoms. The number of nitrogens with one attached hydrogen (secondary N) is 2. The second-order valence-corrected chi connectivity index (χ2v) is 19.8. The monoisotopic (exact) mass is 900 g/mol. The number of carbonyl (C=O) groups excluding carboxylic acids is 2. The molecule has 18 heteroatoms. The van der Waals surface area contributed by atoms with Crippen LogP contribution in [0.5, 0.6) is 0 Å². The molecule has 3 saturated heterocycles. The number of fused-ring (bicyclic) bond motifs is 3. The fourth-order valence-electron chi connectivity index (χ4n) is 9.63. The van der Waals surface area contributed by atoms with Gasteiger partial charge in [0.05, 0.1) is 47.0 Å². The Balaban J connectivity index is 0.659. The van der Waals surface area contributed by atoms with Gasteiger partial charge in [-0.2, -0.15) is 0 Å². The third-order valence-corrected chi connectivity index (χ3v) is 15.4. The summed E-state index contributed by atoms with van der Waals surface area (Å²) >= 11 is 2.96. The summed E-state index contributed by atoms with van der Waals surface area (Å²) in [5.41, 5.74) is 7.51. The van der Waals surface area contributed by atoms with Crippen molar-refractivity contribution >= 4 is 51.6 Å². The van der Waals surface area contributed by atoms with E-state index in [4.69, 9.17) is 4.74 Å². The number of hydrogen-bond donors (Lipinski definition) is 2. The van der Waals surface area contributed by atoms with Crippen molar-refractivity contribution in [2.45, 2.75) is 67.3 Å². The lowest BCUT2D eigenvalue weighted by molar-refractivity contribution is -0.0486. The third kappa shape index (κ3) is 8.93. The Bertz CT molecular complexity index is 2700. The minimum Gasteiger partial charge on any atom is -0.371 e. The number of benzene rings is 1. The van der Waals surface area contributed by atoms with E-state index in [1.807, 2.05) is 53.0 Å². The Labute approximate surface area is 379 Å². The van der Waals surface area contributed by atoms with Gasteiger partial charge in [0.2, 0.25) is 5.01 Å². The van der Waals surface area contributed by atoms with Crippen LogP contribution in [0.15, 0.2) is 82.7 Å². The quantitative estimate of drug-likeness (QED) is 0.153. The fraction of sp³-hybridized carbons (Fsp3) is 0.435. The number of hydrogen-bond acceptors (Lipinski definition) is 14. The summed E-state index contributed by atoms with van der Waals surface area (Å²) in [7, 11) is 0. The number of rotatable bonds is 13. The predicted octanol–water partition coefficient (Wildman–Crippen LogP) is 4.72. The van der Waals surface area contributed by atoms with Crippen LogP contribution in [0.4, 0.5) is 5.69 Å².